The molecule has 0 aliphatic heterocycles. The van der Waals surface area contributed by atoms with Gasteiger partial charge in [-0.25, -0.2) is 4.98 Å². The Labute approximate surface area is 146 Å². The van der Waals surface area contributed by atoms with Crippen LogP contribution in [0.1, 0.15) is 50.0 Å². The number of rotatable bonds is 5. The van der Waals surface area contributed by atoms with Crippen LogP contribution in [0.3, 0.4) is 0 Å². The molecular formula is C18H24N2O3S. The van der Waals surface area contributed by atoms with E-state index in [1.165, 1.54) is 12.8 Å². The van der Waals surface area contributed by atoms with Crippen molar-refractivity contribution in [3.8, 4) is 11.5 Å². The lowest BCUT2D eigenvalue weighted by Gasteiger charge is -2.26. The highest BCUT2D eigenvalue weighted by Crippen LogP contribution is 2.27. The van der Waals surface area contributed by atoms with Gasteiger partial charge in [-0.2, -0.15) is 11.3 Å². The quantitative estimate of drug-likeness (QED) is 0.812. The standard InChI is InChI=1S/C18H24N2O3S/c1-13-15(20-17(23-13)14-6-9-24-11-14)10-16(21)19-12-18(22)7-4-2-3-5-8-18/h6,9,11,22H,2-5,7-8,10,12H2,1H3,(H,19,21). The third-order valence-electron chi connectivity index (χ3n) is 4.64. The number of aliphatic hydroxyl groups is 1. The van der Waals surface area contributed by atoms with Crippen LogP contribution in [0.4, 0.5) is 0 Å². The van der Waals surface area contributed by atoms with Crippen LogP contribution in [0.5, 0.6) is 0 Å². The summed E-state index contributed by atoms with van der Waals surface area (Å²) in [5.74, 6) is 1.10. The number of nitrogens with zero attached hydrogens (tertiary/aromatic N) is 1. The van der Waals surface area contributed by atoms with Gasteiger partial charge in [0.1, 0.15) is 5.76 Å². The topological polar surface area (TPSA) is 75.4 Å². The first-order valence-electron chi connectivity index (χ1n) is 8.54. The van der Waals surface area contributed by atoms with Gasteiger partial charge in [0.15, 0.2) is 0 Å². The molecule has 130 valence electrons. The summed E-state index contributed by atoms with van der Waals surface area (Å²) in [4.78, 5) is 16.7. The fourth-order valence-corrected chi connectivity index (χ4v) is 3.77. The molecule has 2 N–H and O–H groups in total. The van der Waals surface area contributed by atoms with Gasteiger partial charge >= 0.3 is 0 Å². The molecule has 1 aliphatic rings. The summed E-state index contributed by atoms with van der Waals surface area (Å²) < 4.78 is 5.66. The van der Waals surface area contributed by atoms with Gasteiger partial charge in [-0.3, -0.25) is 4.79 Å². The van der Waals surface area contributed by atoms with Crippen molar-refractivity contribution in [1.82, 2.24) is 10.3 Å². The van der Waals surface area contributed by atoms with E-state index in [9.17, 15) is 9.90 Å². The van der Waals surface area contributed by atoms with Gasteiger partial charge in [-0.15, -0.1) is 0 Å². The Kier molecular flexibility index (Phi) is 5.36. The molecule has 2 heterocycles. The molecule has 1 fully saturated rings. The van der Waals surface area contributed by atoms with E-state index in [4.69, 9.17) is 4.42 Å². The number of thiophene rings is 1. The average molecular weight is 348 g/mol. The van der Waals surface area contributed by atoms with Crippen molar-refractivity contribution in [1.29, 1.82) is 0 Å². The molecule has 3 rings (SSSR count). The van der Waals surface area contributed by atoms with Crippen molar-refractivity contribution in [3.63, 3.8) is 0 Å². The number of oxazole rings is 1. The van der Waals surface area contributed by atoms with Gasteiger partial charge in [-0.1, -0.05) is 25.7 Å². The van der Waals surface area contributed by atoms with E-state index in [2.05, 4.69) is 10.3 Å². The lowest BCUT2D eigenvalue weighted by atomic mass is 9.94. The molecule has 0 saturated heterocycles. The van der Waals surface area contributed by atoms with Crippen molar-refractivity contribution < 1.29 is 14.3 Å². The number of hydrogen-bond donors (Lipinski definition) is 2. The molecular weight excluding hydrogens is 324 g/mol. The largest absolute Gasteiger partial charge is 0.441 e. The van der Waals surface area contributed by atoms with Crippen molar-refractivity contribution in [2.75, 3.05) is 6.54 Å². The summed E-state index contributed by atoms with van der Waals surface area (Å²) in [7, 11) is 0. The highest BCUT2D eigenvalue weighted by molar-refractivity contribution is 7.08. The van der Waals surface area contributed by atoms with Crippen LogP contribution in [-0.2, 0) is 11.2 Å². The third kappa shape index (κ3) is 4.24. The van der Waals surface area contributed by atoms with Crippen molar-refractivity contribution >= 4 is 17.2 Å². The van der Waals surface area contributed by atoms with E-state index < -0.39 is 5.60 Å². The molecule has 6 heteroatoms. The maximum absolute atomic E-state index is 12.2. The first kappa shape index (κ1) is 17.2. The Hall–Kier alpha value is -1.66. The van der Waals surface area contributed by atoms with Crippen LogP contribution in [0.15, 0.2) is 21.2 Å². The first-order chi connectivity index (χ1) is 11.6. The zero-order valence-corrected chi connectivity index (χ0v) is 14.8. The van der Waals surface area contributed by atoms with E-state index in [-0.39, 0.29) is 12.3 Å². The van der Waals surface area contributed by atoms with Crippen molar-refractivity contribution in [2.45, 2.75) is 57.5 Å². The summed E-state index contributed by atoms with van der Waals surface area (Å²) in [6, 6.07) is 1.95. The van der Waals surface area contributed by atoms with Gasteiger partial charge in [-0.05, 0) is 31.2 Å². The molecule has 0 atom stereocenters. The zero-order chi connectivity index (χ0) is 17.0. The molecule has 5 nitrogen and oxygen atoms in total. The van der Waals surface area contributed by atoms with Gasteiger partial charge in [0.25, 0.3) is 0 Å². The summed E-state index contributed by atoms with van der Waals surface area (Å²) in [6.45, 7) is 2.14. The van der Waals surface area contributed by atoms with E-state index >= 15 is 0 Å². The molecule has 2 aromatic heterocycles. The lowest BCUT2D eigenvalue weighted by molar-refractivity contribution is -0.121. The predicted molar refractivity (Wildman–Crippen MR) is 93.9 cm³/mol. The van der Waals surface area contributed by atoms with Crippen LogP contribution < -0.4 is 5.32 Å². The maximum atomic E-state index is 12.2. The summed E-state index contributed by atoms with van der Waals surface area (Å²) in [5, 5.41) is 17.4. The van der Waals surface area contributed by atoms with Crippen LogP contribution in [0.25, 0.3) is 11.5 Å². The molecule has 0 aromatic carbocycles. The molecule has 2 aromatic rings. The lowest BCUT2D eigenvalue weighted by Crippen LogP contribution is -2.43. The van der Waals surface area contributed by atoms with Gasteiger partial charge in [0.2, 0.25) is 11.8 Å². The molecule has 1 amide bonds. The minimum Gasteiger partial charge on any atom is -0.441 e. The summed E-state index contributed by atoms with van der Waals surface area (Å²) in [6.07, 6.45) is 6.09. The number of aromatic nitrogens is 1. The molecule has 1 saturated carbocycles. The molecule has 0 bridgehead atoms. The average Bonchev–Trinajstić information content (AvgIpc) is 3.14. The van der Waals surface area contributed by atoms with Crippen LogP contribution in [-0.4, -0.2) is 28.1 Å². The third-order valence-corrected chi connectivity index (χ3v) is 5.32. The zero-order valence-electron chi connectivity index (χ0n) is 14.0. The Morgan fingerprint density at radius 2 is 2.12 bits per heavy atom. The number of hydrogen-bond acceptors (Lipinski definition) is 5. The van der Waals surface area contributed by atoms with Crippen LogP contribution in [0, 0.1) is 6.92 Å². The fourth-order valence-electron chi connectivity index (χ4n) is 3.14. The number of amides is 1. The second-order valence-electron chi connectivity index (χ2n) is 6.63. The van der Waals surface area contributed by atoms with Crippen LogP contribution in [0.2, 0.25) is 0 Å². The molecule has 0 spiro atoms. The summed E-state index contributed by atoms with van der Waals surface area (Å²) in [5.41, 5.74) is 0.830. The van der Waals surface area contributed by atoms with E-state index in [0.29, 0.717) is 23.9 Å². The smallest absolute Gasteiger partial charge is 0.227 e. The molecule has 1 aliphatic carbocycles. The van der Waals surface area contributed by atoms with Gasteiger partial charge < -0.3 is 14.8 Å². The second-order valence-corrected chi connectivity index (χ2v) is 7.41. The van der Waals surface area contributed by atoms with E-state index in [0.717, 1.165) is 31.2 Å². The monoisotopic (exact) mass is 348 g/mol. The molecule has 0 unspecified atom stereocenters. The maximum Gasteiger partial charge on any atom is 0.227 e. The highest BCUT2D eigenvalue weighted by atomic mass is 32.1. The number of aryl methyl sites for hydroxylation is 1. The number of carbonyl (C=O) groups excluding carboxylic acids is 1. The van der Waals surface area contributed by atoms with Crippen molar-refractivity contribution in [2.24, 2.45) is 0 Å². The molecule has 24 heavy (non-hydrogen) atoms. The van der Waals surface area contributed by atoms with E-state index in [1.54, 1.807) is 11.3 Å². The predicted octanol–water partition coefficient (Wildman–Crippen LogP) is 3.46. The van der Waals surface area contributed by atoms with Gasteiger partial charge in [0, 0.05) is 17.5 Å². The van der Waals surface area contributed by atoms with E-state index in [1.807, 2.05) is 23.8 Å². The minimum absolute atomic E-state index is 0.124. The van der Waals surface area contributed by atoms with Crippen LogP contribution >= 0.6 is 11.3 Å². The highest BCUT2D eigenvalue weighted by Gasteiger charge is 2.28. The second kappa shape index (κ2) is 7.49. The Morgan fingerprint density at radius 1 is 1.38 bits per heavy atom. The molecule has 0 radical (unpaired) electrons. The fraction of sp³-hybridized carbons (Fsp3) is 0.556. The minimum atomic E-state index is -0.757. The summed E-state index contributed by atoms with van der Waals surface area (Å²) >= 11 is 1.58. The number of carbonyl (C=O) groups is 1. The number of nitrogens with one attached hydrogen (secondary N) is 1. The Balaban J connectivity index is 1.57. The van der Waals surface area contributed by atoms with Crippen molar-refractivity contribution in [3.05, 3.63) is 28.3 Å². The van der Waals surface area contributed by atoms with Gasteiger partial charge in [0.05, 0.1) is 17.7 Å². The SMILES string of the molecule is Cc1oc(-c2ccsc2)nc1CC(=O)NCC1(O)CCCCCC1. The normalized spacial score (nSPS) is 17.4. The Bertz CT molecular complexity index is 671. The Morgan fingerprint density at radius 3 is 2.79 bits per heavy atom. The first-order valence-corrected chi connectivity index (χ1v) is 9.48.